The highest BCUT2D eigenvalue weighted by Crippen LogP contribution is 2.30. The molecule has 12 heteroatoms. The van der Waals surface area contributed by atoms with Crippen molar-refractivity contribution in [2.75, 3.05) is 5.32 Å². The lowest BCUT2D eigenvalue weighted by Gasteiger charge is -2.09. The minimum Gasteiger partial charge on any atom is -0.305 e. The van der Waals surface area contributed by atoms with E-state index < -0.39 is 16.6 Å². The Bertz CT molecular complexity index is 1570. The van der Waals surface area contributed by atoms with Crippen LogP contribution < -0.4 is 5.32 Å². The number of hydrogen-bond donors (Lipinski definition) is 1. The Morgan fingerprint density at radius 1 is 1.12 bits per heavy atom. The zero-order valence-corrected chi connectivity index (χ0v) is 18.5. The maximum atomic E-state index is 14.1. The van der Waals surface area contributed by atoms with Crippen LogP contribution in [0.1, 0.15) is 9.67 Å². The fourth-order valence-corrected chi connectivity index (χ4v) is 4.08. The van der Waals surface area contributed by atoms with Crippen molar-refractivity contribution in [1.82, 2.24) is 19.7 Å². The van der Waals surface area contributed by atoms with Crippen molar-refractivity contribution < 1.29 is 14.1 Å². The van der Waals surface area contributed by atoms with Gasteiger partial charge in [-0.05, 0) is 36.4 Å². The van der Waals surface area contributed by atoms with E-state index in [1.54, 1.807) is 10.7 Å². The molecule has 5 aromatic rings. The summed E-state index contributed by atoms with van der Waals surface area (Å²) in [6, 6.07) is 16.0. The first kappa shape index (κ1) is 21.6. The van der Waals surface area contributed by atoms with Gasteiger partial charge in [0.25, 0.3) is 5.91 Å². The number of rotatable bonds is 5. The van der Waals surface area contributed by atoms with Crippen molar-refractivity contribution in [1.29, 1.82) is 0 Å². The lowest BCUT2D eigenvalue weighted by Crippen LogP contribution is -2.12. The fourth-order valence-electron chi connectivity index (χ4n) is 3.24. The molecule has 0 fully saturated rings. The van der Waals surface area contributed by atoms with Gasteiger partial charge in [-0.1, -0.05) is 41.1 Å². The number of nitrogens with one attached hydrogen (secondary N) is 1. The second-order valence-corrected chi connectivity index (χ2v) is 8.47. The van der Waals surface area contributed by atoms with Crippen LogP contribution in [0, 0.1) is 15.9 Å². The van der Waals surface area contributed by atoms with Gasteiger partial charge in [0.1, 0.15) is 11.6 Å². The lowest BCUT2D eigenvalue weighted by atomic mass is 10.2. The van der Waals surface area contributed by atoms with Gasteiger partial charge in [-0.2, -0.15) is 5.10 Å². The number of anilines is 1. The van der Waals surface area contributed by atoms with E-state index in [4.69, 9.17) is 11.6 Å². The van der Waals surface area contributed by atoms with Crippen molar-refractivity contribution in [3.63, 3.8) is 0 Å². The maximum Gasteiger partial charge on any atom is 0.324 e. The molecule has 0 aliphatic heterocycles. The SMILES string of the molecule is O=C(Nc1nc(-c2ccc(Cl)c(F)c2)nc2c1cnn2-c1ccccc1)c1ccc([N+](=O)[O-])s1. The van der Waals surface area contributed by atoms with Crippen molar-refractivity contribution in [3.05, 3.63) is 92.7 Å². The van der Waals surface area contributed by atoms with E-state index in [-0.39, 0.29) is 26.5 Å². The van der Waals surface area contributed by atoms with Gasteiger partial charge >= 0.3 is 5.00 Å². The lowest BCUT2D eigenvalue weighted by molar-refractivity contribution is -0.380. The van der Waals surface area contributed by atoms with Crippen LogP contribution in [-0.2, 0) is 0 Å². The molecule has 0 radical (unpaired) electrons. The molecule has 0 aliphatic carbocycles. The zero-order valence-electron chi connectivity index (χ0n) is 17.0. The normalized spacial score (nSPS) is 11.0. The summed E-state index contributed by atoms with van der Waals surface area (Å²) in [5.74, 6) is -0.971. The molecule has 2 aromatic carbocycles. The summed E-state index contributed by atoms with van der Waals surface area (Å²) in [5, 5.41) is 18.3. The monoisotopic (exact) mass is 494 g/mol. The Balaban J connectivity index is 1.64. The molecule has 5 rings (SSSR count). The summed E-state index contributed by atoms with van der Waals surface area (Å²) in [6.45, 7) is 0. The molecular weight excluding hydrogens is 483 g/mol. The van der Waals surface area contributed by atoms with Gasteiger partial charge in [0.05, 0.1) is 32.1 Å². The molecule has 0 saturated carbocycles. The Morgan fingerprint density at radius 2 is 1.91 bits per heavy atom. The van der Waals surface area contributed by atoms with Crippen LogP contribution in [0.2, 0.25) is 5.02 Å². The number of carbonyl (C=O) groups excluding carboxylic acids is 1. The molecule has 34 heavy (non-hydrogen) atoms. The summed E-state index contributed by atoms with van der Waals surface area (Å²) >= 11 is 6.55. The van der Waals surface area contributed by atoms with Crippen molar-refractivity contribution in [2.45, 2.75) is 0 Å². The standard InChI is InChI=1S/C22H12ClFN6O3S/c23-15-7-6-12(10-16(15)24)19-26-20(28-22(31)17-8-9-18(34-17)30(32)33)14-11-25-29(21(14)27-19)13-4-2-1-3-5-13/h1-11H,(H,26,27,28,31). The highest BCUT2D eigenvalue weighted by Gasteiger charge is 2.20. The summed E-state index contributed by atoms with van der Waals surface area (Å²) in [7, 11) is 0. The van der Waals surface area contributed by atoms with Crippen LogP contribution >= 0.6 is 22.9 Å². The fraction of sp³-hybridized carbons (Fsp3) is 0. The molecule has 0 spiro atoms. The molecule has 0 bridgehead atoms. The molecule has 1 N–H and O–H groups in total. The second kappa shape index (κ2) is 8.61. The van der Waals surface area contributed by atoms with Crippen molar-refractivity contribution in [3.8, 4) is 17.1 Å². The van der Waals surface area contributed by atoms with E-state index in [0.29, 0.717) is 16.6 Å². The number of amides is 1. The Hall–Kier alpha value is -4.22. The first-order chi connectivity index (χ1) is 16.4. The number of fused-ring (bicyclic) bond motifs is 1. The van der Waals surface area contributed by atoms with Crippen LogP contribution in [0.25, 0.3) is 28.1 Å². The van der Waals surface area contributed by atoms with Crippen LogP contribution in [0.5, 0.6) is 0 Å². The Morgan fingerprint density at radius 3 is 2.62 bits per heavy atom. The molecule has 168 valence electrons. The van der Waals surface area contributed by atoms with Gasteiger partial charge in [0.15, 0.2) is 11.5 Å². The molecule has 1 amide bonds. The quantitative estimate of drug-likeness (QED) is 0.255. The smallest absolute Gasteiger partial charge is 0.305 e. The third-order valence-corrected chi connectivity index (χ3v) is 6.18. The summed E-state index contributed by atoms with van der Waals surface area (Å²) < 4.78 is 15.7. The minimum absolute atomic E-state index is 0.0491. The van der Waals surface area contributed by atoms with Crippen molar-refractivity contribution >= 4 is 50.7 Å². The van der Waals surface area contributed by atoms with Crippen LogP contribution in [-0.4, -0.2) is 30.6 Å². The number of halogens is 2. The molecule has 9 nitrogen and oxygen atoms in total. The van der Waals surface area contributed by atoms with E-state index in [1.807, 2.05) is 30.3 Å². The minimum atomic E-state index is -0.643. The Labute approximate surface area is 199 Å². The van der Waals surface area contributed by atoms with E-state index >= 15 is 0 Å². The second-order valence-electron chi connectivity index (χ2n) is 7.00. The number of nitro groups is 1. The summed E-state index contributed by atoms with van der Waals surface area (Å²) in [4.78, 5) is 32.3. The molecule has 0 unspecified atom stereocenters. The van der Waals surface area contributed by atoms with Gasteiger partial charge in [-0.15, -0.1) is 0 Å². The van der Waals surface area contributed by atoms with Gasteiger partial charge in [-0.3, -0.25) is 14.9 Å². The number of para-hydroxylation sites is 1. The third-order valence-electron chi connectivity index (χ3n) is 4.83. The number of thiophene rings is 1. The van der Waals surface area contributed by atoms with E-state index in [2.05, 4.69) is 20.4 Å². The van der Waals surface area contributed by atoms with Crippen LogP contribution in [0.3, 0.4) is 0 Å². The van der Waals surface area contributed by atoms with E-state index in [1.165, 1.54) is 30.5 Å². The maximum absolute atomic E-state index is 14.1. The highest BCUT2D eigenvalue weighted by molar-refractivity contribution is 7.17. The highest BCUT2D eigenvalue weighted by atomic mass is 35.5. The number of carbonyl (C=O) groups is 1. The summed E-state index contributed by atoms with van der Waals surface area (Å²) in [6.07, 6.45) is 1.50. The van der Waals surface area contributed by atoms with E-state index in [0.717, 1.165) is 17.0 Å². The van der Waals surface area contributed by atoms with Gasteiger partial charge in [0.2, 0.25) is 0 Å². The largest absolute Gasteiger partial charge is 0.324 e. The Kier molecular flexibility index (Phi) is 5.48. The molecular formula is C22H12ClFN6O3S. The molecule has 0 saturated heterocycles. The molecule has 0 atom stereocenters. The molecule has 3 aromatic heterocycles. The molecule has 3 heterocycles. The van der Waals surface area contributed by atoms with Gasteiger partial charge in [0, 0.05) is 11.6 Å². The number of aromatic nitrogens is 4. The first-order valence-corrected chi connectivity index (χ1v) is 10.9. The van der Waals surface area contributed by atoms with Crippen LogP contribution in [0.4, 0.5) is 15.2 Å². The topological polar surface area (TPSA) is 116 Å². The zero-order chi connectivity index (χ0) is 23.8. The van der Waals surface area contributed by atoms with Crippen LogP contribution in [0.15, 0.2) is 66.9 Å². The van der Waals surface area contributed by atoms with Gasteiger partial charge < -0.3 is 5.32 Å². The summed E-state index contributed by atoms with van der Waals surface area (Å²) in [5.41, 5.74) is 1.43. The van der Waals surface area contributed by atoms with E-state index in [9.17, 15) is 19.3 Å². The number of hydrogen-bond acceptors (Lipinski definition) is 7. The first-order valence-electron chi connectivity index (χ1n) is 9.73. The third kappa shape index (κ3) is 3.98. The predicted molar refractivity (Wildman–Crippen MR) is 126 cm³/mol. The average molecular weight is 495 g/mol. The molecule has 0 aliphatic rings. The van der Waals surface area contributed by atoms with Gasteiger partial charge in [-0.25, -0.2) is 19.0 Å². The van der Waals surface area contributed by atoms with Crippen molar-refractivity contribution in [2.24, 2.45) is 0 Å². The predicted octanol–water partition coefficient (Wildman–Crippen LogP) is 5.50. The number of benzene rings is 2. The number of nitrogens with zero attached hydrogens (tertiary/aromatic N) is 5. The average Bonchev–Trinajstić information content (AvgIpc) is 3.49.